The van der Waals surface area contributed by atoms with Crippen molar-refractivity contribution in [2.24, 2.45) is 5.92 Å². The highest BCUT2D eigenvalue weighted by atomic mass is 16.5. The van der Waals surface area contributed by atoms with E-state index in [1.165, 1.54) is 18.5 Å². The maximum Gasteiger partial charge on any atom is 0.118 e. The lowest BCUT2D eigenvalue weighted by Crippen LogP contribution is -2.58. The Morgan fingerprint density at radius 3 is 2.57 bits per heavy atom. The van der Waals surface area contributed by atoms with Crippen LogP contribution >= 0.6 is 0 Å². The van der Waals surface area contributed by atoms with E-state index in [0.29, 0.717) is 18.0 Å². The van der Waals surface area contributed by atoms with E-state index in [4.69, 9.17) is 4.74 Å². The average molecular weight is 290 g/mol. The largest absolute Gasteiger partial charge is 0.497 e. The van der Waals surface area contributed by atoms with Crippen LogP contribution in [0.15, 0.2) is 24.3 Å². The van der Waals surface area contributed by atoms with Crippen molar-refractivity contribution in [2.45, 2.75) is 45.7 Å². The van der Waals surface area contributed by atoms with Gasteiger partial charge in [0.2, 0.25) is 0 Å². The summed E-state index contributed by atoms with van der Waals surface area (Å²) in [5.41, 5.74) is 1.39. The second-order valence-electron chi connectivity index (χ2n) is 6.42. The maximum absolute atomic E-state index is 5.22. The molecule has 2 unspecified atom stereocenters. The molecule has 1 heterocycles. The number of piperazine rings is 1. The van der Waals surface area contributed by atoms with Crippen LogP contribution in [0, 0.1) is 5.92 Å². The molecule has 21 heavy (non-hydrogen) atoms. The predicted molar refractivity (Wildman–Crippen MR) is 89.0 cm³/mol. The standard InChI is InChI=1S/C18H30N2O/c1-5-16-13-20(18(12-19-16)14(2)3)11-10-15-6-8-17(21-4)9-7-15/h6-9,14,16,18-19H,5,10-13H2,1-4H3. The molecule has 1 aromatic rings. The van der Waals surface area contributed by atoms with Crippen LogP contribution in [0.4, 0.5) is 0 Å². The topological polar surface area (TPSA) is 24.5 Å². The maximum atomic E-state index is 5.22. The highest BCUT2D eigenvalue weighted by molar-refractivity contribution is 5.27. The van der Waals surface area contributed by atoms with E-state index in [-0.39, 0.29) is 0 Å². The van der Waals surface area contributed by atoms with Crippen LogP contribution in [0.5, 0.6) is 5.75 Å². The Bertz CT molecular complexity index is 416. The summed E-state index contributed by atoms with van der Waals surface area (Å²) in [7, 11) is 1.72. The first-order valence-electron chi connectivity index (χ1n) is 8.24. The molecule has 1 aliphatic rings. The van der Waals surface area contributed by atoms with Gasteiger partial charge in [0, 0.05) is 31.7 Å². The minimum absolute atomic E-state index is 0.649. The summed E-state index contributed by atoms with van der Waals surface area (Å²) in [6, 6.07) is 9.79. The van der Waals surface area contributed by atoms with Crippen molar-refractivity contribution < 1.29 is 4.74 Å². The van der Waals surface area contributed by atoms with E-state index >= 15 is 0 Å². The predicted octanol–water partition coefficient (Wildman–Crippen LogP) is 2.95. The summed E-state index contributed by atoms with van der Waals surface area (Å²) < 4.78 is 5.22. The van der Waals surface area contributed by atoms with Gasteiger partial charge in [0.25, 0.3) is 0 Å². The van der Waals surface area contributed by atoms with E-state index < -0.39 is 0 Å². The van der Waals surface area contributed by atoms with Gasteiger partial charge in [-0.15, -0.1) is 0 Å². The number of ether oxygens (including phenoxy) is 1. The van der Waals surface area contributed by atoms with Gasteiger partial charge in [-0.3, -0.25) is 4.90 Å². The number of nitrogens with zero attached hydrogens (tertiary/aromatic N) is 1. The average Bonchev–Trinajstić information content (AvgIpc) is 2.52. The molecule has 0 amide bonds. The molecule has 1 saturated heterocycles. The number of nitrogens with one attached hydrogen (secondary N) is 1. The SMILES string of the molecule is CCC1CN(CCc2ccc(OC)cc2)C(C(C)C)CN1. The van der Waals surface area contributed by atoms with Crippen molar-refractivity contribution in [1.29, 1.82) is 0 Å². The lowest BCUT2D eigenvalue weighted by atomic mass is 9.97. The number of hydrogen-bond donors (Lipinski definition) is 1. The lowest BCUT2D eigenvalue weighted by molar-refractivity contribution is 0.0985. The van der Waals surface area contributed by atoms with Gasteiger partial charge in [0.15, 0.2) is 0 Å². The summed E-state index contributed by atoms with van der Waals surface area (Å²) in [4.78, 5) is 2.68. The van der Waals surface area contributed by atoms with Gasteiger partial charge in [-0.2, -0.15) is 0 Å². The van der Waals surface area contributed by atoms with E-state index in [9.17, 15) is 0 Å². The van der Waals surface area contributed by atoms with Crippen molar-refractivity contribution in [2.75, 3.05) is 26.7 Å². The van der Waals surface area contributed by atoms with Crippen LogP contribution in [-0.4, -0.2) is 43.7 Å². The molecule has 2 atom stereocenters. The third kappa shape index (κ3) is 4.45. The quantitative estimate of drug-likeness (QED) is 0.872. The van der Waals surface area contributed by atoms with Crippen molar-refractivity contribution in [3.8, 4) is 5.75 Å². The molecule has 3 heteroatoms. The minimum Gasteiger partial charge on any atom is -0.497 e. The smallest absolute Gasteiger partial charge is 0.118 e. The minimum atomic E-state index is 0.649. The zero-order chi connectivity index (χ0) is 15.2. The molecule has 1 N–H and O–H groups in total. The molecule has 118 valence electrons. The number of methoxy groups -OCH3 is 1. The molecule has 0 aliphatic carbocycles. The van der Waals surface area contributed by atoms with Gasteiger partial charge in [-0.1, -0.05) is 32.9 Å². The van der Waals surface area contributed by atoms with E-state index in [2.05, 4.69) is 55.3 Å². The van der Waals surface area contributed by atoms with Gasteiger partial charge in [0.05, 0.1) is 7.11 Å². The van der Waals surface area contributed by atoms with Crippen molar-refractivity contribution in [3.63, 3.8) is 0 Å². The second-order valence-corrected chi connectivity index (χ2v) is 6.42. The van der Waals surface area contributed by atoms with Crippen LogP contribution in [0.25, 0.3) is 0 Å². The molecular formula is C18H30N2O. The van der Waals surface area contributed by atoms with Crippen molar-refractivity contribution >= 4 is 0 Å². The van der Waals surface area contributed by atoms with Gasteiger partial charge in [-0.05, 0) is 36.5 Å². The first-order chi connectivity index (χ1) is 10.1. The zero-order valence-corrected chi connectivity index (χ0v) is 13.9. The first kappa shape index (κ1) is 16.3. The molecule has 3 nitrogen and oxygen atoms in total. The Morgan fingerprint density at radius 2 is 2.00 bits per heavy atom. The van der Waals surface area contributed by atoms with Gasteiger partial charge in [0.1, 0.15) is 5.75 Å². The monoisotopic (exact) mass is 290 g/mol. The molecule has 0 spiro atoms. The Kier molecular flexibility index (Phi) is 6.07. The molecule has 1 aliphatic heterocycles. The summed E-state index contributed by atoms with van der Waals surface area (Å²) in [6.07, 6.45) is 2.33. The van der Waals surface area contributed by atoms with Gasteiger partial charge < -0.3 is 10.1 Å². The molecule has 2 rings (SSSR count). The molecule has 0 saturated carbocycles. The third-order valence-corrected chi connectivity index (χ3v) is 4.65. The fourth-order valence-electron chi connectivity index (χ4n) is 3.15. The summed E-state index contributed by atoms with van der Waals surface area (Å²) in [6.45, 7) is 10.4. The van der Waals surface area contributed by atoms with Crippen LogP contribution in [0.1, 0.15) is 32.8 Å². The van der Waals surface area contributed by atoms with E-state index in [1.807, 2.05) is 0 Å². The van der Waals surface area contributed by atoms with Crippen LogP contribution in [-0.2, 0) is 6.42 Å². The fraction of sp³-hybridized carbons (Fsp3) is 0.667. The molecular weight excluding hydrogens is 260 g/mol. The Hall–Kier alpha value is -1.06. The number of benzene rings is 1. The second kappa shape index (κ2) is 7.81. The van der Waals surface area contributed by atoms with Crippen LogP contribution in [0.3, 0.4) is 0 Å². The van der Waals surface area contributed by atoms with Crippen molar-refractivity contribution in [1.82, 2.24) is 10.2 Å². The number of rotatable bonds is 6. The highest BCUT2D eigenvalue weighted by Gasteiger charge is 2.28. The Labute approximate surface area is 129 Å². The molecule has 0 bridgehead atoms. The van der Waals surface area contributed by atoms with Crippen molar-refractivity contribution in [3.05, 3.63) is 29.8 Å². The lowest BCUT2D eigenvalue weighted by Gasteiger charge is -2.42. The molecule has 0 radical (unpaired) electrons. The normalized spacial score (nSPS) is 23.5. The van der Waals surface area contributed by atoms with E-state index in [0.717, 1.165) is 25.3 Å². The fourth-order valence-corrected chi connectivity index (χ4v) is 3.15. The highest BCUT2D eigenvalue weighted by Crippen LogP contribution is 2.18. The van der Waals surface area contributed by atoms with E-state index in [1.54, 1.807) is 7.11 Å². The summed E-state index contributed by atoms with van der Waals surface area (Å²) >= 11 is 0. The Balaban J connectivity index is 1.93. The number of hydrogen-bond acceptors (Lipinski definition) is 3. The van der Waals surface area contributed by atoms with Crippen LogP contribution in [0.2, 0.25) is 0 Å². The van der Waals surface area contributed by atoms with Crippen LogP contribution < -0.4 is 10.1 Å². The summed E-state index contributed by atoms with van der Waals surface area (Å²) in [5, 5.41) is 3.69. The third-order valence-electron chi connectivity index (χ3n) is 4.65. The summed E-state index contributed by atoms with van der Waals surface area (Å²) in [5.74, 6) is 1.64. The molecule has 0 aromatic heterocycles. The van der Waals surface area contributed by atoms with Gasteiger partial charge in [-0.25, -0.2) is 0 Å². The molecule has 1 fully saturated rings. The van der Waals surface area contributed by atoms with Gasteiger partial charge >= 0.3 is 0 Å². The Morgan fingerprint density at radius 1 is 1.29 bits per heavy atom. The first-order valence-corrected chi connectivity index (χ1v) is 8.24. The molecule has 1 aromatic carbocycles. The zero-order valence-electron chi connectivity index (χ0n) is 13.9.